The summed E-state index contributed by atoms with van der Waals surface area (Å²) in [5.41, 5.74) is -1.64. The Morgan fingerprint density at radius 2 is 1.93 bits per heavy atom. The van der Waals surface area contributed by atoms with Crippen LogP contribution in [-0.2, 0) is 4.79 Å². The third-order valence-electron chi connectivity index (χ3n) is 2.79. The minimum absolute atomic E-state index is 0.330. The molecular formula is C10H19NO3. The van der Waals surface area contributed by atoms with Crippen molar-refractivity contribution >= 4 is 5.97 Å². The highest BCUT2D eigenvalue weighted by atomic mass is 16.4. The van der Waals surface area contributed by atoms with Crippen LogP contribution in [0.4, 0.5) is 0 Å². The highest BCUT2D eigenvalue weighted by Gasteiger charge is 2.43. The lowest BCUT2D eigenvalue weighted by molar-refractivity contribution is -0.155. The molecule has 0 aliphatic carbocycles. The van der Waals surface area contributed by atoms with E-state index < -0.39 is 17.0 Å². The minimum atomic E-state index is -0.907. The SMILES string of the molecule is CC(C)(O)CC1(C(=O)O)CCNCC1. The van der Waals surface area contributed by atoms with Crippen LogP contribution in [0.25, 0.3) is 0 Å². The summed E-state index contributed by atoms with van der Waals surface area (Å²) in [6.07, 6.45) is 1.54. The number of hydrogen-bond acceptors (Lipinski definition) is 3. The van der Waals surface area contributed by atoms with Gasteiger partial charge in [-0.25, -0.2) is 0 Å². The van der Waals surface area contributed by atoms with Gasteiger partial charge >= 0.3 is 5.97 Å². The summed E-state index contributed by atoms with van der Waals surface area (Å²) in [5, 5.41) is 22.0. The normalized spacial score (nSPS) is 21.9. The molecule has 1 rings (SSSR count). The number of hydrogen-bond donors (Lipinski definition) is 3. The van der Waals surface area contributed by atoms with Crippen LogP contribution in [0.1, 0.15) is 33.1 Å². The van der Waals surface area contributed by atoms with Crippen LogP contribution in [0.15, 0.2) is 0 Å². The lowest BCUT2D eigenvalue weighted by atomic mass is 9.72. The van der Waals surface area contributed by atoms with E-state index in [1.54, 1.807) is 13.8 Å². The molecular weight excluding hydrogens is 182 g/mol. The maximum atomic E-state index is 11.2. The van der Waals surface area contributed by atoms with E-state index >= 15 is 0 Å². The third kappa shape index (κ3) is 2.69. The quantitative estimate of drug-likeness (QED) is 0.625. The van der Waals surface area contributed by atoms with Gasteiger partial charge in [0, 0.05) is 0 Å². The van der Waals surface area contributed by atoms with Crippen LogP contribution in [-0.4, -0.2) is 34.9 Å². The Hall–Kier alpha value is -0.610. The molecule has 14 heavy (non-hydrogen) atoms. The van der Waals surface area contributed by atoms with E-state index in [1.807, 2.05) is 0 Å². The summed E-state index contributed by atoms with van der Waals surface area (Å²) >= 11 is 0. The zero-order chi connectivity index (χ0) is 10.8. The monoisotopic (exact) mass is 201 g/mol. The van der Waals surface area contributed by atoms with Gasteiger partial charge in [0.1, 0.15) is 0 Å². The smallest absolute Gasteiger partial charge is 0.309 e. The van der Waals surface area contributed by atoms with E-state index in [0.29, 0.717) is 19.3 Å². The van der Waals surface area contributed by atoms with Crippen LogP contribution < -0.4 is 5.32 Å². The highest BCUT2D eigenvalue weighted by Crippen LogP contribution is 2.37. The number of aliphatic carboxylic acids is 1. The second-order valence-electron chi connectivity index (χ2n) is 4.82. The van der Waals surface area contributed by atoms with Crippen molar-refractivity contribution in [2.24, 2.45) is 5.41 Å². The van der Waals surface area contributed by atoms with Gasteiger partial charge in [0.2, 0.25) is 0 Å². The van der Waals surface area contributed by atoms with E-state index in [2.05, 4.69) is 5.32 Å². The Morgan fingerprint density at radius 1 is 1.43 bits per heavy atom. The van der Waals surface area contributed by atoms with Gasteiger partial charge in [-0.05, 0) is 46.2 Å². The molecule has 3 N–H and O–H groups in total. The number of carboxylic acids is 1. The first-order valence-corrected chi connectivity index (χ1v) is 5.02. The molecule has 82 valence electrons. The van der Waals surface area contributed by atoms with Crippen molar-refractivity contribution in [2.75, 3.05) is 13.1 Å². The van der Waals surface area contributed by atoms with Gasteiger partial charge in [-0.3, -0.25) is 4.79 Å². The van der Waals surface area contributed by atoms with Crippen molar-refractivity contribution in [3.63, 3.8) is 0 Å². The van der Waals surface area contributed by atoms with Crippen molar-refractivity contribution in [3.8, 4) is 0 Å². The van der Waals surface area contributed by atoms with Crippen molar-refractivity contribution in [1.82, 2.24) is 5.32 Å². The summed E-state index contributed by atoms with van der Waals surface area (Å²) in [5.74, 6) is -0.777. The maximum absolute atomic E-state index is 11.2. The fourth-order valence-electron chi connectivity index (χ4n) is 2.20. The zero-order valence-corrected chi connectivity index (χ0v) is 8.84. The number of rotatable bonds is 3. The molecule has 1 saturated heterocycles. The second-order valence-corrected chi connectivity index (χ2v) is 4.82. The van der Waals surface area contributed by atoms with Gasteiger partial charge in [-0.1, -0.05) is 0 Å². The predicted molar refractivity (Wildman–Crippen MR) is 53.1 cm³/mol. The lowest BCUT2D eigenvalue weighted by Crippen LogP contribution is -2.46. The molecule has 0 spiro atoms. The van der Waals surface area contributed by atoms with Gasteiger partial charge in [0.15, 0.2) is 0 Å². The van der Waals surface area contributed by atoms with Crippen LogP contribution in [0.5, 0.6) is 0 Å². The number of piperidine rings is 1. The van der Waals surface area contributed by atoms with Gasteiger partial charge in [0.25, 0.3) is 0 Å². The van der Waals surface area contributed by atoms with E-state index in [0.717, 1.165) is 13.1 Å². The maximum Gasteiger partial charge on any atom is 0.309 e. The first-order valence-electron chi connectivity index (χ1n) is 5.02. The average Bonchev–Trinajstić information content (AvgIpc) is 2.02. The molecule has 0 amide bonds. The molecule has 0 bridgehead atoms. The lowest BCUT2D eigenvalue weighted by Gasteiger charge is -2.37. The molecule has 0 saturated carbocycles. The summed E-state index contributed by atoms with van der Waals surface area (Å²) in [6.45, 7) is 4.78. The summed E-state index contributed by atoms with van der Waals surface area (Å²) in [6, 6.07) is 0. The third-order valence-corrected chi connectivity index (χ3v) is 2.79. The molecule has 1 aliphatic heterocycles. The Kier molecular flexibility index (Phi) is 3.17. The number of carbonyl (C=O) groups is 1. The molecule has 0 atom stereocenters. The molecule has 1 fully saturated rings. The van der Waals surface area contributed by atoms with Crippen molar-refractivity contribution < 1.29 is 15.0 Å². The van der Waals surface area contributed by atoms with E-state index in [-0.39, 0.29) is 0 Å². The Labute approximate surface area is 84.3 Å². The minimum Gasteiger partial charge on any atom is -0.481 e. The summed E-state index contributed by atoms with van der Waals surface area (Å²) < 4.78 is 0. The number of carboxylic acid groups (broad SMARTS) is 1. The predicted octanol–water partition coefficient (Wildman–Crippen LogP) is 0.602. The topological polar surface area (TPSA) is 69.6 Å². The van der Waals surface area contributed by atoms with Gasteiger partial charge in [-0.2, -0.15) is 0 Å². The zero-order valence-electron chi connectivity index (χ0n) is 8.84. The van der Waals surface area contributed by atoms with E-state index in [9.17, 15) is 15.0 Å². The molecule has 0 unspecified atom stereocenters. The molecule has 0 aromatic rings. The van der Waals surface area contributed by atoms with E-state index in [1.165, 1.54) is 0 Å². The van der Waals surface area contributed by atoms with Gasteiger partial charge in [0.05, 0.1) is 11.0 Å². The van der Waals surface area contributed by atoms with E-state index in [4.69, 9.17) is 0 Å². The summed E-state index contributed by atoms with van der Waals surface area (Å²) in [7, 11) is 0. The average molecular weight is 201 g/mol. The molecule has 1 aliphatic rings. The standard InChI is InChI=1S/C10H19NO3/c1-9(2,14)7-10(8(12)13)3-5-11-6-4-10/h11,14H,3-7H2,1-2H3,(H,12,13). The molecule has 0 aromatic carbocycles. The highest BCUT2D eigenvalue weighted by molar-refractivity contribution is 5.75. The molecule has 1 heterocycles. The Bertz CT molecular complexity index is 214. The first kappa shape index (κ1) is 11.5. The van der Waals surface area contributed by atoms with Crippen LogP contribution in [0, 0.1) is 5.41 Å². The first-order chi connectivity index (χ1) is 6.36. The molecule has 0 radical (unpaired) electrons. The second kappa shape index (κ2) is 3.87. The van der Waals surface area contributed by atoms with Gasteiger partial charge in [-0.15, -0.1) is 0 Å². The fraction of sp³-hybridized carbons (Fsp3) is 0.900. The van der Waals surface area contributed by atoms with Crippen LogP contribution in [0.2, 0.25) is 0 Å². The van der Waals surface area contributed by atoms with Crippen LogP contribution >= 0.6 is 0 Å². The molecule has 0 aromatic heterocycles. The van der Waals surface area contributed by atoms with Gasteiger partial charge < -0.3 is 15.5 Å². The van der Waals surface area contributed by atoms with Crippen molar-refractivity contribution in [2.45, 2.75) is 38.7 Å². The fourth-order valence-corrected chi connectivity index (χ4v) is 2.20. The van der Waals surface area contributed by atoms with Crippen molar-refractivity contribution in [1.29, 1.82) is 0 Å². The molecule has 4 heteroatoms. The van der Waals surface area contributed by atoms with Crippen molar-refractivity contribution in [3.05, 3.63) is 0 Å². The molecule has 4 nitrogen and oxygen atoms in total. The number of aliphatic hydroxyl groups is 1. The Morgan fingerprint density at radius 3 is 2.29 bits per heavy atom. The summed E-state index contributed by atoms with van der Waals surface area (Å²) in [4.78, 5) is 11.2. The number of nitrogens with one attached hydrogen (secondary N) is 1. The largest absolute Gasteiger partial charge is 0.481 e. The van der Waals surface area contributed by atoms with Crippen LogP contribution in [0.3, 0.4) is 0 Å². The Balaban J connectivity index is 2.76.